The first-order chi connectivity index (χ1) is 28.7. The van der Waals surface area contributed by atoms with Crippen molar-refractivity contribution in [3.05, 3.63) is 182 Å². The van der Waals surface area contributed by atoms with Gasteiger partial charge in [0.05, 0.1) is 11.0 Å². The van der Waals surface area contributed by atoms with Crippen LogP contribution in [0.2, 0.25) is 0 Å². The molecule has 2 aromatic heterocycles. The fourth-order valence-corrected chi connectivity index (χ4v) is 10.5. The van der Waals surface area contributed by atoms with Crippen molar-refractivity contribution in [2.45, 2.75) is 26.9 Å². The van der Waals surface area contributed by atoms with Crippen molar-refractivity contribution in [3.63, 3.8) is 0 Å². The maximum atomic E-state index is 2.53. The van der Waals surface area contributed by atoms with Crippen LogP contribution in [-0.4, -0.2) is 9.13 Å². The summed E-state index contributed by atoms with van der Waals surface area (Å²) in [6.45, 7) is 6.32. The Morgan fingerprint density at radius 3 is 1.22 bits per heavy atom. The van der Waals surface area contributed by atoms with Crippen LogP contribution in [0.25, 0.3) is 120 Å². The van der Waals surface area contributed by atoms with E-state index in [1.54, 1.807) is 0 Å². The average Bonchev–Trinajstić information content (AvgIpc) is 3.81. The minimum absolute atomic E-state index is 0.881. The average molecular weight is 741 g/mol. The van der Waals surface area contributed by atoms with Crippen LogP contribution >= 0.6 is 0 Å². The van der Waals surface area contributed by atoms with E-state index in [0.29, 0.717) is 0 Å². The molecule has 2 heterocycles. The molecule has 0 aliphatic carbocycles. The minimum Gasteiger partial charge on any atom is -0.340 e. The number of fused-ring (bicyclic) bond motifs is 12. The Kier molecular flexibility index (Phi) is 7.22. The maximum absolute atomic E-state index is 2.53. The summed E-state index contributed by atoms with van der Waals surface area (Å²) in [4.78, 5) is 0. The molecule has 0 atom stereocenters. The molecule has 0 unspecified atom stereocenters. The van der Waals surface area contributed by atoms with Crippen LogP contribution in [-0.2, 0) is 13.1 Å². The summed E-state index contributed by atoms with van der Waals surface area (Å²) in [7, 11) is 0. The van der Waals surface area contributed by atoms with Crippen LogP contribution in [0.3, 0.4) is 0 Å². The molecular weight excluding hydrogens is 701 g/mol. The lowest BCUT2D eigenvalue weighted by Crippen LogP contribution is -1.97. The lowest BCUT2D eigenvalue weighted by atomic mass is 9.85. The SMILES string of the molecule is CCn1c2ccccc2c2c3ccccc3cc(-c3cccc4c(-c5ccccc5)c5cccc(-c6cc7ccccc7c7c8ccccc8n(CC)c67)c5cc34)c21. The second kappa shape index (κ2) is 12.7. The molecule has 2 nitrogen and oxygen atoms in total. The molecular formula is C56H40N2. The molecule has 0 N–H and O–H groups in total. The van der Waals surface area contributed by atoms with Gasteiger partial charge in [-0.3, -0.25) is 0 Å². The standard InChI is InChI=1S/C56H40N2/c1-3-57-50-30-14-12-24-44(50)53-38-22-10-8-20-36(38)32-48(55(53)57)40-26-16-28-42-46(40)34-47-41(27-17-29-43(47)52(42)35-18-6-5-7-19-35)49-33-37-21-9-11-23-39(37)54-45-25-13-15-31-51(45)58(4-2)56(49)54/h5-34H,3-4H2,1-2H3. The summed E-state index contributed by atoms with van der Waals surface area (Å²) in [5.41, 5.74) is 12.7. The van der Waals surface area contributed by atoms with Crippen molar-refractivity contribution in [2.24, 2.45) is 0 Å². The molecule has 274 valence electrons. The Bertz CT molecular complexity index is 3420. The van der Waals surface area contributed by atoms with Gasteiger partial charge >= 0.3 is 0 Å². The number of nitrogens with zero attached hydrogens (tertiary/aromatic N) is 2. The van der Waals surface area contributed by atoms with E-state index in [1.807, 2.05) is 0 Å². The van der Waals surface area contributed by atoms with Gasteiger partial charge in [0.25, 0.3) is 0 Å². The van der Waals surface area contributed by atoms with Crippen LogP contribution in [0, 0.1) is 0 Å². The van der Waals surface area contributed by atoms with E-state index in [9.17, 15) is 0 Å². The Morgan fingerprint density at radius 1 is 0.328 bits per heavy atom. The lowest BCUT2D eigenvalue weighted by Gasteiger charge is -2.19. The van der Waals surface area contributed by atoms with Crippen molar-refractivity contribution in [1.82, 2.24) is 9.13 Å². The third-order valence-corrected chi connectivity index (χ3v) is 12.8. The maximum Gasteiger partial charge on any atom is 0.0577 e. The highest BCUT2D eigenvalue weighted by Gasteiger charge is 2.23. The Hall–Kier alpha value is -7.16. The molecule has 12 aromatic rings. The zero-order valence-corrected chi connectivity index (χ0v) is 32.6. The van der Waals surface area contributed by atoms with E-state index in [1.165, 1.54) is 120 Å². The summed E-state index contributed by atoms with van der Waals surface area (Å²) in [6, 6.07) is 68.1. The smallest absolute Gasteiger partial charge is 0.0577 e. The zero-order valence-electron chi connectivity index (χ0n) is 32.6. The van der Waals surface area contributed by atoms with Crippen molar-refractivity contribution in [1.29, 1.82) is 0 Å². The minimum atomic E-state index is 0.881. The fraction of sp³-hybridized carbons (Fsp3) is 0.0714. The molecule has 0 spiro atoms. The van der Waals surface area contributed by atoms with Crippen molar-refractivity contribution in [2.75, 3.05) is 0 Å². The van der Waals surface area contributed by atoms with Gasteiger partial charge < -0.3 is 9.13 Å². The highest BCUT2D eigenvalue weighted by atomic mass is 15.0. The summed E-state index contributed by atoms with van der Waals surface area (Å²) in [5.74, 6) is 0. The molecule has 12 rings (SSSR count). The van der Waals surface area contributed by atoms with E-state index in [0.717, 1.165) is 13.1 Å². The summed E-state index contributed by atoms with van der Waals surface area (Å²) in [5, 5.41) is 15.5. The zero-order chi connectivity index (χ0) is 38.5. The molecule has 0 amide bonds. The molecule has 10 aromatic carbocycles. The largest absolute Gasteiger partial charge is 0.340 e. The molecule has 0 fully saturated rings. The molecule has 2 heteroatoms. The van der Waals surface area contributed by atoms with Crippen LogP contribution in [0.1, 0.15) is 13.8 Å². The second-order valence-electron chi connectivity index (χ2n) is 15.7. The first-order valence-electron chi connectivity index (χ1n) is 20.6. The van der Waals surface area contributed by atoms with Crippen LogP contribution in [0.15, 0.2) is 182 Å². The molecule has 0 radical (unpaired) electrons. The van der Waals surface area contributed by atoms with E-state index >= 15 is 0 Å². The Balaban J connectivity index is 1.27. The normalized spacial score (nSPS) is 12.1. The van der Waals surface area contributed by atoms with E-state index in [2.05, 4.69) is 205 Å². The van der Waals surface area contributed by atoms with Gasteiger partial charge in [-0.1, -0.05) is 152 Å². The number of benzene rings is 10. The number of rotatable bonds is 5. The topological polar surface area (TPSA) is 9.86 Å². The molecule has 0 bridgehead atoms. The van der Waals surface area contributed by atoms with Crippen LogP contribution in [0.4, 0.5) is 0 Å². The Morgan fingerprint density at radius 2 is 0.741 bits per heavy atom. The van der Waals surface area contributed by atoms with Gasteiger partial charge in [0.1, 0.15) is 0 Å². The predicted octanol–water partition coefficient (Wildman–Crippen LogP) is 15.6. The monoisotopic (exact) mass is 740 g/mol. The van der Waals surface area contributed by atoms with Gasteiger partial charge in [-0.05, 0) is 110 Å². The van der Waals surface area contributed by atoms with Gasteiger partial charge in [-0.15, -0.1) is 0 Å². The Labute approximate surface area is 336 Å². The van der Waals surface area contributed by atoms with Crippen LogP contribution in [0.5, 0.6) is 0 Å². The molecule has 0 saturated carbocycles. The first-order valence-corrected chi connectivity index (χ1v) is 20.6. The van der Waals surface area contributed by atoms with E-state index < -0.39 is 0 Å². The second-order valence-corrected chi connectivity index (χ2v) is 15.7. The van der Waals surface area contributed by atoms with E-state index in [4.69, 9.17) is 0 Å². The number of aryl methyl sites for hydroxylation is 2. The van der Waals surface area contributed by atoms with Crippen LogP contribution < -0.4 is 0 Å². The summed E-state index contributed by atoms with van der Waals surface area (Å²) < 4.78 is 5.07. The van der Waals surface area contributed by atoms with Crippen molar-refractivity contribution >= 4 is 86.7 Å². The first kappa shape index (κ1) is 33.0. The van der Waals surface area contributed by atoms with E-state index in [-0.39, 0.29) is 0 Å². The van der Waals surface area contributed by atoms with Gasteiger partial charge in [-0.25, -0.2) is 0 Å². The number of hydrogen-bond donors (Lipinski definition) is 0. The molecule has 0 saturated heterocycles. The lowest BCUT2D eigenvalue weighted by molar-refractivity contribution is 0.828. The fourth-order valence-electron chi connectivity index (χ4n) is 10.5. The molecule has 0 aliphatic heterocycles. The quantitative estimate of drug-likeness (QED) is 0.156. The predicted molar refractivity (Wildman–Crippen MR) is 250 cm³/mol. The van der Waals surface area contributed by atoms with Gasteiger partial charge in [0.15, 0.2) is 0 Å². The van der Waals surface area contributed by atoms with Gasteiger partial charge in [-0.2, -0.15) is 0 Å². The molecule has 58 heavy (non-hydrogen) atoms. The van der Waals surface area contributed by atoms with Crippen molar-refractivity contribution in [3.8, 4) is 33.4 Å². The number of hydrogen-bond acceptors (Lipinski definition) is 0. The van der Waals surface area contributed by atoms with Crippen molar-refractivity contribution < 1.29 is 0 Å². The van der Waals surface area contributed by atoms with Gasteiger partial charge in [0.2, 0.25) is 0 Å². The number of aromatic nitrogens is 2. The highest BCUT2D eigenvalue weighted by molar-refractivity contribution is 6.29. The third kappa shape index (κ3) is 4.54. The summed E-state index contributed by atoms with van der Waals surface area (Å²) >= 11 is 0. The highest BCUT2D eigenvalue weighted by Crippen LogP contribution is 2.48. The number of para-hydroxylation sites is 2. The third-order valence-electron chi connectivity index (χ3n) is 12.8. The molecule has 0 aliphatic rings. The van der Waals surface area contributed by atoms with Gasteiger partial charge in [0, 0.05) is 56.8 Å². The summed E-state index contributed by atoms with van der Waals surface area (Å²) in [6.07, 6.45) is 0.